The highest BCUT2D eigenvalue weighted by atomic mass is 32.2. The van der Waals surface area contributed by atoms with Gasteiger partial charge in [-0.25, -0.2) is 0 Å². The van der Waals surface area contributed by atoms with E-state index in [1.807, 2.05) is 11.8 Å². The molecule has 1 nitrogen and oxygen atoms in total. The summed E-state index contributed by atoms with van der Waals surface area (Å²) in [6, 6.07) is 9.63. The topological polar surface area (TPSA) is 12.0 Å². The molecule has 18 heavy (non-hydrogen) atoms. The summed E-state index contributed by atoms with van der Waals surface area (Å²) in [7, 11) is 0. The fraction of sp³-hybridized carbons (Fsp3) is 0.625. The Bertz CT molecular complexity index is 367. The van der Waals surface area contributed by atoms with Gasteiger partial charge in [-0.15, -0.1) is 0 Å². The largest absolute Gasteiger partial charge is 0.309 e. The average Bonchev–Trinajstić information content (AvgIpc) is 3.21. The highest BCUT2D eigenvalue weighted by Gasteiger charge is 2.41. The molecular formula is C16H25NS. The van der Waals surface area contributed by atoms with Gasteiger partial charge >= 0.3 is 0 Å². The molecule has 1 fully saturated rings. The van der Waals surface area contributed by atoms with Crippen LogP contribution in [0, 0.1) is 0 Å². The maximum atomic E-state index is 3.76. The van der Waals surface area contributed by atoms with Gasteiger partial charge in [0, 0.05) is 17.3 Å². The summed E-state index contributed by atoms with van der Waals surface area (Å²) in [6.07, 6.45) is 7.29. The molecule has 2 heteroatoms. The van der Waals surface area contributed by atoms with Crippen molar-refractivity contribution in [1.82, 2.24) is 5.32 Å². The predicted octanol–water partition coefficient (Wildman–Crippen LogP) is 4.19. The number of rotatable bonds is 7. The summed E-state index contributed by atoms with van der Waals surface area (Å²) < 4.78 is 0.552. The van der Waals surface area contributed by atoms with Crippen molar-refractivity contribution in [2.24, 2.45) is 0 Å². The quantitative estimate of drug-likeness (QED) is 0.792. The van der Waals surface area contributed by atoms with E-state index in [0.717, 1.165) is 19.4 Å². The van der Waals surface area contributed by atoms with E-state index in [0.29, 0.717) is 10.8 Å². The SMILES string of the molecule is CCc1ccc(C(CC)NCC2(SC)CC2)cc1. The maximum Gasteiger partial charge on any atom is 0.0318 e. The predicted molar refractivity (Wildman–Crippen MR) is 82.3 cm³/mol. The summed E-state index contributed by atoms with van der Waals surface area (Å²) in [5.74, 6) is 0. The van der Waals surface area contributed by atoms with Crippen molar-refractivity contribution in [3.8, 4) is 0 Å². The minimum atomic E-state index is 0.514. The molecule has 1 unspecified atom stereocenters. The van der Waals surface area contributed by atoms with Crippen molar-refractivity contribution in [3.63, 3.8) is 0 Å². The van der Waals surface area contributed by atoms with Crippen molar-refractivity contribution in [2.75, 3.05) is 12.8 Å². The first kappa shape index (κ1) is 14.0. The van der Waals surface area contributed by atoms with Crippen LogP contribution in [0.15, 0.2) is 24.3 Å². The Kier molecular flexibility index (Phi) is 4.74. The first-order valence-electron chi connectivity index (χ1n) is 7.10. The molecule has 1 aliphatic rings. The molecule has 0 aliphatic heterocycles. The number of benzene rings is 1. The van der Waals surface area contributed by atoms with E-state index in [-0.39, 0.29) is 0 Å². The number of hydrogen-bond acceptors (Lipinski definition) is 2. The number of nitrogens with one attached hydrogen (secondary N) is 1. The third-order valence-corrected chi connectivity index (χ3v) is 5.53. The van der Waals surface area contributed by atoms with E-state index in [4.69, 9.17) is 0 Å². The lowest BCUT2D eigenvalue weighted by Crippen LogP contribution is -2.29. The molecule has 0 amide bonds. The van der Waals surface area contributed by atoms with Gasteiger partial charge < -0.3 is 5.32 Å². The molecule has 1 aliphatic carbocycles. The van der Waals surface area contributed by atoms with Crippen LogP contribution < -0.4 is 5.32 Å². The van der Waals surface area contributed by atoms with E-state index < -0.39 is 0 Å². The molecular weight excluding hydrogens is 238 g/mol. The van der Waals surface area contributed by atoms with Gasteiger partial charge in [0.15, 0.2) is 0 Å². The van der Waals surface area contributed by atoms with Crippen LogP contribution in [0.25, 0.3) is 0 Å². The second kappa shape index (κ2) is 6.12. The Morgan fingerprint density at radius 2 is 1.89 bits per heavy atom. The second-order valence-electron chi connectivity index (χ2n) is 5.32. The Morgan fingerprint density at radius 3 is 2.33 bits per heavy atom. The summed E-state index contributed by atoms with van der Waals surface area (Å²) in [4.78, 5) is 0. The Hall–Kier alpha value is -0.470. The smallest absolute Gasteiger partial charge is 0.0318 e. The molecule has 1 N–H and O–H groups in total. The summed E-state index contributed by atoms with van der Waals surface area (Å²) in [5, 5.41) is 3.76. The van der Waals surface area contributed by atoms with E-state index in [9.17, 15) is 0 Å². The molecule has 0 radical (unpaired) electrons. The first-order valence-corrected chi connectivity index (χ1v) is 8.33. The highest BCUT2D eigenvalue weighted by Crippen LogP contribution is 2.46. The van der Waals surface area contributed by atoms with Crippen LogP contribution in [0.1, 0.15) is 50.3 Å². The molecule has 100 valence electrons. The van der Waals surface area contributed by atoms with Crippen LogP contribution in [0.3, 0.4) is 0 Å². The Balaban J connectivity index is 1.94. The standard InChI is InChI=1S/C16H25NS/c1-4-13-6-8-14(9-7-13)15(5-2)17-12-16(18-3)10-11-16/h6-9,15,17H,4-5,10-12H2,1-3H3. The van der Waals surface area contributed by atoms with Gasteiger partial charge in [-0.2, -0.15) is 11.8 Å². The fourth-order valence-corrected chi connectivity index (χ4v) is 3.12. The van der Waals surface area contributed by atoms with Crippen LogP contribution in [0.2, 0.25) is 0 Å². The summed E-state index contributed by atoms with van der Waals surface area (Å²) in [5.41, 5.74) is 2.86. The van der Waals surface area contributed by atoms with Crippen LogP contribution in [-0.2, 0) is 6.42 Å². The normalized spacial score (nSPS) is 18.6. The lowest BCUT2D eigenvalue weighted by molar-refractivity contribution is 0.513. The van der Waals surface area contributed by atoms with Gasteiger partial charge in [-0.1, -0.05) is 38.1 Å². The van der Waals surface area contributed by atoms with Gasteiger partial charge in [-0.05, 0) is 43.1 Å². The molecule has 0 spiro atoms. The van der Waals surface area contributed by atoms with Gasteiger partial charge in [-0.3, -0.25) is 0 Å². The number of thioether (sulfide) groups is 1. The third kappa shape index (κ3) is 3.30. The van der Waals surface area contributed by atoms with Crippen LogP contribution in [0.4, 0.5) is 0 Å². The zero-order chi connectivity index (χ0) is 13.0. The molecule has 1 saturated carbocycles. The van der Waals surface area contributed by atoms with Crippen LogP contribution >= 0.6 is 11.8 Å². The molecule has 1 aromatic rings. The molecule has 1 atom stereocenters. The average molecular weight is 263 g/mol. The minimum absolute atomic E-state index is 0.514. The van der Waals surface area contributed by atoms with Gasteiger partial charge in [0.25, 0.3) is 0 Å². The molecule has 0 aromatic heterocycles. The lowest BCUT2D eigenvalue weighted by Gasteiger charge is -2.21. The summed E-state index contributed by atoms with van der Waals surface area (Å²) >= 11 is 2.03. The van der Waals surface area contributed by atoms with E-state index >= 15 is 0 Å². The van der Waals surface area contributed by atoms with Crippen LogP contribution in [-0.4, -0.2) is 17.5 Å². The van der Waals surface area contributed by atoms with Crippen molar-refractivity contribution >= 4 is 11.8 Å². The molecule has 2 rings (SSSR count). The monoisotopic (exact) mass is 263 g/mol. The molecule has 1 aromatic carbocycles. The number of aryl methyl sites for hydroxylation is 1. The minimum Gasteiger partial charge on any atom is -0.309 e. The van der Waals surface area contributed by atoms with Gasteiger partial charge in [0.1, 0.15) is 0 Å². The molecule has 0 saturated heterocycles. The maximum absolute atomic E-state index is 3.76. The van der Waals surface area contributed by atoms with Crippen molar-refractivity contribution in [3.05, 3.63) is 35.4 Å². The Labute approximate surface area is 116 Å². The van der Waals surface area contributed by atoms with Gasteiger partial charge in [0.2, 0.25) is 0 Å². The number of hydrogen-bond donors (Lipinski definition) is 1. The van der Waals surface area contributed by atoms with Crippen molar-refractivity contribution in [2.45, 2.75) is 50.3 Å². The van der Waals surface area contributed by atoms with E-state index in [2.05, 4.69) is 49.7 Å². The summed E-state index contributed by atoms with van der Waals surface area (Å²) in [6.45, 7) is 5.63. The van der Waals surface area contributed by atoms with Crippen molar-refractivity contribution < 1.29 is 0 Å². The van der Waals surface area contributed by atoms with Gasteiger partial charge in [0.05, 0.1) is 0 Å². The third-order valence-electron chi connectivity index (χ3n) is 4.11. The second-order valence-corrected chi connectivity index (χ2v) is 6.60. The van der Waals surface area contributed by atoms with E-state index in [1.165, 1.54) is 24.0 Å². The Morgan fingerprint density at radius 1 is 1.22 bits per heavy atom. The zero-order valence-corrected chi connectivity index (χ0v) is 12.6. The molecule has 0 heterocycles. The lowest BCUT2D eigenvalue weighted by atomic mass is 10.0. The van der Waals surface area contributed by atoms with Crippen molar-refractivity contribution in [1.29, 1.82) is 0 Å². The zero-order valence-electron chi connectivity index (χ0n) is 11.8. The van der Waals surface area contributed by atoms with E-state index in [1.54, 1.807) is 0 Å². The van der Waals surface area contributed by atoms with Crippen LogP contribution in [0.5, 0.6) is 0 Å². The fourth-order valence-electron chi connectivity index (χ4n) is 2.39. The first-order chi connectivity index (χ1) is 8.73. The molecule has 0 bridgehead atoms. The highest BCUT2D eigenvalue weighted by molar-refractivity contribution is 8.00.